The highest BCUT2D eigenvalue weighted by Gasteiger charge is 2.49. The molecule has 154 valence electrons. The summed E-state index contributed by atoms with van der Waals surface area (Å²) in [4.78, 5) is 26.7. The first-order valence-electron chi connectivity index (χ1n) is 10.5. The molecule has 7 nitrogen and oxygen atoms in total. The highest BCUT2D eigenvalue weighted by atomic mass is 16.7. The van der Waals surface area contributed by atoms with Crippen LogP contribution in [0.2, 0.25) is 0 Å². The van der Waals surface area contributed by atoms with E-state index in [-0.39, 0.29) is 0 Å². The van der Waals surface area contributed by atoms with E-state index in [0.29, 0.717) is 29.5 Å². The van der Waals surface area contributed by atoms with Crippen LogP contribution >= 0.6 is 0 Å². The van der Waals surface area contributed by atoms with E-state index in [4.69, 9.17) is 10.5 Å². The number of hydrogen-bond acceptors (Lipinski definition) is 5. The molecule has 29 heavy (non-hydrogen) atoms. The van der Waals surface area contributed by atoms with Gasteiger partial charge in [-0.25, -0.2) is 9.59 Å². The molecule has 2 unspecified atom stereocenters. The van der Waals surface area contributed by atoms with Gasteiger partial charge in [-0.3, -0.25) is 9.47 Å². The number of aromatic nitrogens is 1. The van der Waals surface area contributed by atoms with Crippen LogP contribution in [0.4, 0.5) is 9.59 Å². The second-order valence-electron chi connectivity index (χ2n) is 8.62. The second-order valence-corrected chi connectivity index (χ2v) is 8.62. The minimum Gasteiger partial charge on any atom is -0.437 e. The largest absolute Gasteiger partial charge is 0.513 e. The number of ether oxygens (including phenoxy) is 2. The first kappa shape index (κ1) is 18.5. The number of hydrogen-bond donors (Lipinski definition) is 1. The number of carbonyl (C=O) groups is 2. The molecule has 0 spiro atoms. The summed E-state index contributed by atoms with van der Waals surface area (Å²) in [5.41, 5.74) is 8.93. The van der Waals surface area contributed by atoms with E-state index in [1.165, 1.54) is 19.1 Å². The molecule has 1 amide bonds. The van der Waals surface area contributed by atoms with Crippen molar-refractivity contribution < 1.29 is 19.1 Å². The van der Waals surface area contributed by atoms with Gasteiger partial charge in [0, 0.05) is 36.1 Å². The Morgan fingerprint density at radius 3 is 2.83 bits per heavy atom. The van der Waals surface area contributed by atoms with Crippen LogP contribution in [0.15, 0.2) is 18.2 Å². The first-order chi connectivity index (χ1) is 14.0. The highest BCUT2D eigenvalue weighted by molar-refractivity contribution is 5.96. The topological polar surface area (TPSA) is 86.8 Å². The van der Waals surface area contributed by atoms with Gasteiger partial charge in [-0.2, -0.15) is 0 Å². The molecule has 2 aromatic rings. The summed E-state index contributed by atoms with van der Waals surface area (Å²) >= 11 is 0. The predicted molar refractivity (Wildman–Crippen MR) is 108 cm³/mol. The Labute approximate surface area is 169 Å². The number of nitrogens with zero attached hydrogens (tertiary/aromatic N) is 2. The van der Waals surface area contributed by atoms with Gasteiger partial charge >= 0.3 is 12.2 Å². The minimum absolute atomic E-state index is 0.315. The smallest absolute Gasteiger partial charge is 0.437 e. The Morgan fingerprint density at radius 2 is 2.10 bits per heavy atom. The van der Waals surface area contributed by atoms with Gasteiger partial charge < -0.3 is 15.2 Å². The fourth-order valence-electron chi connectivity index (χ4n) is 6.27. The molecule has 5 atom stereocenters. The highest BCUT2D eigenvalue weighted by Crippen LogP contribution is 2.52. The number of primary amides is 1. The Bertz CT molecular complexity index is 998. The molecular formula is C22H27N3O4. The number of piperidine rings is 2. The quantitative estimate of drug-likeness (QED) is 0.619. The molecule has 0 radical (unpaired) electrons. The summed E-state index contributed by atoms with van der Waals surface area (Å²) in [5, 5.41) is 0.942. The third-order valence-electron chi connectivity index (χ3n) is 7.23. The van der Waals surface area contributed by atoms with Gasteiger partial charge in [0.15, 0.2) is 0 Å². The van der Waals surface area contributed by atoms with Crippen molar-refractivity contribution in [2.45, 2.75) is 44.6 Å². The van der Waals surface area contributed by atoms with Gasteiger partial charge in [0.25, 0.3) is 0 Å². The Balaban J connectivity index is 1.69. The zero-order valence-corrected chi connectivity index (χ0v) is 16.9. The molecule has 2 saturated heterocycles. The van der Waals surface area contributed by atoms with Crippen LogP contribution in [0, 0.1) is 11.8 Å². The summed E-state index contributed by atoms with van der Waals surface area (Å²) in [7, 11) is 1.28. The van der Waals surface area contributed by atoms with Crippen LogP contribution in [0.1, 0.15) is 43.4 Å². The van der Waals surface area contributed by atoms with Crippen molar-refractivity contribution in [3.8, 4) is 5.75 Å². The fraction of sp³-hybridized carbons (Fsp3) is 0.545. The van der Waals surface area contributed by atoms with Gasteiger partial charge in [-0.15, -0.1) is 0 Å². The van der Waals surface area contributed by atoms with Crippen molar-refractivity contribution in [2.24, 2.45) is 17.6 Å². The third-order valence-corrected chi connectivity index (χ3v) is 7.23. The molecule has 2 N–H and O–H groups in total. The Kier molecular flexibility index (Phi) is 4.31. The second kappa shape index (κ2) is 6.76. The van der Waals surface area contributed by atoms with Gasteiger partial charge in [0.05, 0.1) is 12.6 Å². The average molecular weight is 397 g/mol. The summed E-state index contributed by atoms with van der Waals surface area (Å²) < 4.78 is 11.6. The lowest BCUT2D eigenvalue weighted by molar-refractivity contribution is -0.0138. The lowest BCUT2D eigenvalue weighted by atomic mass is 9.65. The van der Waals surface area contributed by atoms with Crippen LogP contribution in [0.3, 0.4) is 0 Å². The molecular weight excluding hydrogens is 370 g/mol. The van der Waals surface area contributed by atoms with E-state index in [1.807, 2.05) is 12.1 Å². The van der Waals surface area contributed by atoms with E-state index >= 15 is 0 Å². The molecule has 4 aliphatic rings. The van der Waals surface area contributed by atoms with E-state index < -0.39 is 12.2 Å². The first-order valence-corrected chi connectivity index (χ1v) is 10.5. The summed E-state index contributed by atoms with van der Waals surface area (Å²) in [5.74, 6) is 2.07. The number of amides is 1. The molecule has 3 fully saturated rings. The number of carbonyl (C=O) groups excluding carboxylic acids is 2. The lowest BCUT2D eigenvalue weighted by Gasteiger charge is -2.53. The van der Waals surface area contributed by atoms with Crippen molar-refractivity contribution in [1.29, 1.82) is 0 Å². The maximum absolute atomic E-state index is 12.6. The zero-order valence-electron chi connectivity index (χ0n) is 16.9. The summed E-state index contributed by atoms with van der Waals surface area (Å²) in [6, 6.07) is 5.38. The monoisotopic (exact) mass is 397 g/mol. The number of fused-ring (bicyclic) bond motifs is 4. The number of benzene rings is 1. The SMILES string of the molecule is CC[C@H]1C[C@H]2C[C@H]3c4c(c5cc(OC(=O)OC)ccc5n4C(N)=O)CCN(C2)C13. The summed E-state index contributed by atoms with van der Waals surface area (Å²) in [6.45, 7) is 4.42. The molecule has 7 heteroatoms. The maximum atomic E-state index is 12.6. The van der Waals surface area contributed by atoms with Crippen LogP contribution < -0.4 is 10.5 Å². The third kappa shape index (κ3) is 2.74. The fourth-order valence-corrected chi connectivity index (χ4v) is 6.27. The van der Waals surface area contributed by atoms with Crippen molar-refractivity contribution in [1.82, 2.24) is 9.47 Å². The number of nitrogens with two attached hydrogens (primary N) is 1. The van der Waals surface area contributed by atoms with Gasteiger partial charge in [-0.05, 0) is 54.9 Å². The number of rotatable bonds is 2. The molecule has 1 aromatic heterocycles. The molecule has 4 bridgehead atoms. The molecule has 1 aromatic carbocycles. The van der Waals surface area contributed by atoms with Crippen molar-refractivity contribution >= 4 is 23.1 Å². The number of methoxy groups -OCH3 is 1. The Hall–Kier alpha value is -2.54. The maximum Gasteiger partial charge on any atom is 0.513 e. The van der Waals surface area contributed by atoms with Gasteiger partial charge in [0.1, 0.15) is 5.75 Å². The van der Waals surface area contributed by atoms with Crippen LogP contribution in [0.5, 0.6) is 5.75 Å². The zero-order chi connectivity index (χ0) is 20.3. The standard InChI is InChI=1S/C22H27N3O4/c1-3-13-8-12-9-17-19(13)24(11-12)7-6-15-16-10-14(29-22(27)28-2)4-5-18(16)25(20(15)17)21(23)26/h4-5,10,12-13,17,19H,3,6-9,11H2,1-2H3,(H2,23,26)/t12-,13-,17+,19?/m0/s1. The van der Waals surface area contributed by atoms with E-state index in [2.05, 4.69) is 16.6 Å². The van der Waals surface area contributed by atoms with Crippen LogP contribution in [-0.4, -0.2) is 47.9 Å². The minimum atomic E-state index is -0.755. The lowest BCUT2D eigenvalue weighted by Crippen LogP contribution is -2.56. The van der Waals surface area contributed by atoms with Crippen molar-refractivity contribution in [3.05, 3.63) is 29.5 Å². The normalized spacial score (nSPS) is 29.9. The Morgan fingerprint density at radius 1 is 1.28 bits per heavy atom. The van der Waals surface area contributed by atoms with Crippen molar-refractivity contribution in [2.75, 3.05) is 20.2 Å². The van der Waals surface area contributed by atoms with Crippen molar-refractivity contribution in [3.63, 3.8) is 0 Å². The average Bonchev–Trinajstić information content (AvgIpc) is 2.99. The molecule has 4 heterocycles. The summed E-state index contributed by atoms with van der Waals surface area (Å²) in [6.07, 6.45) is 3.67. The van der Waals surface area contributed by atoms with Crippen LogP contribution in [-0.2, 0) is 11.2 Å². The van der Waals surface area contributed by atoms with E-state index in [1.54, 1.807) is 10.6 Å². The molecule has 6 rings (SSSR count). The molecule has 1 aliphatic carbocycles. The van der Waals surface area contributed by atoms with Gasteiger partial charge in [-0.1, -0.05) is 13.3 Å². The van der Waals surface area contributed by atoms with Crippen LogP contribution in [0.25, 0.3) is 10.9 Å². The van der Waals surface area contributed by atoms with E-state index in [0.717, 1.165) is 48.9 Å². The predicted octanol–water partition coefficient (Wildman–Crippen LogP) is 3.47. The molecule has 3 aliphatic heterocycles. The molecule has 1 saturated carbocycles. The van der Waals surface area contributed by atoms with Gasteiger partial charge in [0.2, 0.25) is 0 Å². The van der Waals surface area contributed by atoms with E-state index in [9.17, 15) is 9.59 Å².